The molecule has 5 heteroatoms. The van der Waals surface area contributed by atoms with Crippen molar-refractivity contribution in [3.8, 4) is 0 Å². The molecule has 2 fully saturated rings. The van der Waals surface area contributed by atoms with E-state index in [1.807, 2.05) is 0 Å². The maximum Gasteiger partial charge on any atom is 0.356 e. The van der Waals surface area contributed by atoms with Crippen LogP contribution in [0.1, 0.15) is 30.3 Å². The van der Waals surface area contributed by atoms with Gasteiger partial charge in [0, 0.05) is 19.3 Å². The van der Waals surface area contributed by atoms with Gasteiger partial charge in [0.2, 0.25) is 0 Å². The first-order valence-corrected chi connectivity index (χ1v) is 7.21. The fraction of sp³-hybridized carbons (Fsp3) is 0.600. The van der Waals surface area contributed by atoms with E-state index in [4.69, 9.17) is 9.47 Å². The fourth-order valence-corrected chi connectivity index (χ4v) is 2.05. The van der Waals surface area contributed by atoms with Gasteiger partial charge >= 0.3 is 5.97 Å². The van der Waals surface area contributed by atoms with Crippen molar-refractivity contribution in [2.45, 2.75) is 25.9 Å². The first-order valence-electron chi connectivity index (χ1n) is 7.21. The maximum atomic E-state index is 11.0. The Morgan fingerprint density at radius 2 is 2.35 bits per heavy atom. The Balaban J connectivity index is 0.000000149. The Kier molecular flexibility index (Phi) is 5.95. The molecule has 3 rings (SSSR count). The summed E-state index contributed by atoms with van der Waals surface area (Å²) in [6.45, 7) is 5.20. The summed E-state index contributed by atoms with van der Waals surface area (Å²) in [7, 11) is 0. The quantitative estimate of drug-likeness (QED) is 0.852. The van der Waals surface area contributed by atoms with E-state index >= 15 is 0 Å². The average Bonchev–Trinajstić information content (AvgIpc) is 3.35. The molecule has 0 radical (unpaired) electrons. The molecule has 1 aliphatic carbocycles. The molecule has 110 valence electrons. The van der Waals surface area contributed by atoms with E-state index in [1.54, 1.807) is 31.3 Å². The van der Waals surface area contributed by atoms with E-state index in [0.29, 0.717) is 18.4 Å². The van der Waals surface area contributed by atoms with Gasteiger partial charge in [0.25, 0.3) is 0 Å². The van der Waals surface area contributed by atoms with Gasteiger partial charge in [-0.1, -0.05) is 6.07 Å². The molecule has 0 spiro atoms. The van der Waals surface area contributed by atoms with Crippen LogP contribution in [0, 0.1) is 5.92 Å². The van der Waals surface area contributed by atoms with Crippen molar-refractivity contribution < 1.29 is 14.3 Å². The molecule has 1 aromatic heterocycles. The molecule has 1 N–H and O–H groups in total. The molecule has 20 heavy (non-hydrogen) atoms. The Morgan fingerprint density at radius 1 is 1.50 bits per heavy atom. The lowest BCUT2D eigenvalue weighted by molar-refractivity contribution is 0.0149. The van der Waals surface area contributed by atoms with Crippen molar-refractivity contribution in [3.63, 3.8) is 0 Å². The van der Waals surface area contributed by atoms with Gasteiger partial charge in [-0.3, -0.25) is 0 Å². The second-order valence-corrected chi connectivity index (χ2v) is 4.89. The number of rotatable bonds is 3. The van der Waals surface area contributed by atoms with Crippen LogP contribution in [-0.4, -0.2) is 43.4 Å². The number of carbonyl (C=O) groups is 1. The molecular weight excluding hydrogens is 256 g/mol. The third-order valence-electron chi connectivity index (χ3n) is 3.25. The summed E-state index contributed by atoms with van der Waals surface area (Å²) in [5.74, 6) is 0.533. The normalized spacial score (nSPS) is 21.6. The Bertz CT molecular complexity index is 401. The van der Waals surface area contributed by atoms with Crippen LogP contribution in [0.2, 0.25) is 0 Å². The van der Waals surface area contributed by atoms with Gasteiger partial charge in [0.1, 0.15) is 5.69 Å². The molecule has 2 aliphatic rings. The zero-order chi connectivity index (χ0) is 14.2. The van der Waals surface area contributed by atoms with E-state index in [9.17, 15) is 4.79 Å². The Hall–Kier alpha value is -1.46. The molecule has 1 aromatic rings. The van der Waals surface area contributed by atoms with Gasteiger partial charge in [0.05, 0.1) is 19.3 Å². The molecule has 0 aromatic carbocycles. The summed E-state index contributed by atoms with van der Waals surface area (Å²) in [6, 6.07) is 5.12. The highest BCUT2D eigenvalue weighted by Crippen LogP contribution is 2.34. The van der Waals surface area contributed by atoms with Gasteiger partial charge in [-0.25, -0.2) is 9.78 Å². The number of esters is 1. The van der Waals surface area contributed by atoms with Gasteiger partial charge in [-0.05, 0) is 37.8 Å². The van der Waals surface area contributed by atoms with E-state index in [-0.39, 0.29) is 5.97 Å². The minimum Gasteiger partial charge on any atom is -0.461 e. The van der Waals surface area contributed by atoms with Gasteiger partial charge < -0.3 is 14.8 Å². The maximum absolute atomic E-state index is 11.0. The van der Waals surface area contributed by atoms with Crippen LogP contribution >= 0.6 is 0 Å². The smallest absolute Gasteiger partial charge is 0.356 e. The number of nitrogens with one attached hydrogen (secondary N) is 1. The number of morpholine rings is 1. The van der Waals surface area contributed by atoms with Crippen LogP contribution in [0.4, 0.5) is 0 Å². The number of hydrogen-bond acceptors (Lipinski definition) is 5. The number of ether oxygens (including phenoxy) is 2. The van der Waals surface area contributed by atoms with Crippen molar-refractivity contribution in [2.75, 3.05) is 26.3 Å². The fourth-order valence-electron chi connectivity index (χ4n) is 2.05. The third-order valence-corrected chi connectivity index (χ3v) is 3.25. The number of nitrogens with zero attached hydrogens (tertiary/aromatic N) is 1. The highest BCUT2D eigenvalue weighted by atomic mass is 16.5. The van der Waals surface area contributed by atoms with Crippen LogP contribution in [0.5, 0.6) is 0 Å². The van der Waals surface area contributed by atoms with Gasteiger partial charge in [0.15, 0.2) is 0 Å². The summed E-state index contributed by atoms with van der Waals surface area (Å²) in [5, 5.41) is 3.33. The van der Waals surface area contributed by atoms with Crippen LogP contribution in [0.25, 0.3) is 0 Å². The minimum absolute atomic E-state index is 0.356. The molecule has 1 unspecified atom stereocenters. The lowest BCUT2D eigenvalue weighted by atomic mass is 10.2. The summed E-state index contributed by atoms with van der Waals surface area (Å²) in [6.07, 6.45) is 4.91. The van der Waals surface area contributed by atoms with Crippen LogP contribution in [-0.2, 0) is 9.47 Å². The summed E-state index contributed by atoms with van der Waals surface area (Å²) < 4.78 is 10.3. The van der Waals surface area contributed by atoms with E-state index in [1.165, 1.54) is 12.8 Å². The summed E-state index contributed by atoms with van der Waals surface area (Å²) in [4.78, 5) is 14.8. The SMILES string of the molecule is C1COC(C2CC2)CN1.CCOC(=O)c1ccccn1. The van der Waals surface area contributed by atoms with E-state index in [2.05, 4.69) is 10.3 Å². The lowest BCUT2D eigenvalue weighted by Gasteiger charge is -2.22. The minimum atomic E-state index is -0.367. The Morgan fingerprint density at radius 3 is 2.90 bits per heavy atom. The standard InChI is InChI=1S/C8H9NO2.C7H13NO/c1-2-11-8(10)7-5-3-4-6-9-7;1-2-6(1)7-5-8-3-4-9-7/h3-6H,2H2,1H3;6-8H,1-5H2. The number of aromatic nitrogens is 1. The number of hydrogen-bond donors (Lipinski definition) is 1. The molecule has 1 atom stereocenters. The van der Waals surface area contributed by atoms with Gasteiger partial charge in [-0.15, -0.1) is 0 Å². The molecular formula is C15H22N2O3. The molecule has 1 saturated heterocycles. The molecule has 0 bridgehead atoms. The van der Waals surface area contributed by atoms with Crippen molar-refractivity contribution in [1.29, 1.82) is 0 Å². The molecule has 5 nitrogen and oxygen atoms in total. The molecule has 0 amide bonds. The highest BCUT2D eigenvalue weighted by Gasteiger charge is 2.32. The largest absolute Gasteiger partial charge is 0.461 e. The van der Waals surface area contributed by atoms with E-state index in [0.717, 1.165) is 25.6 Å². The van der Waals surface area contributed by atoms with Crippen LogP contribution < -0.4 is 5.32 Å². The van der Waals surface area contributed by atoms with E-state index < -0.39 is 0 Å². The summed E-state index contributed by atoms with van der Waals surface area (Å²) >= 11 is 0. The highest BCUT2D eigenvalue weighted by molar-refractivity contribution is 5.86. The monoisotopic (exact) mass is 278 g/mol. The number of pyridine rings is 1. The predicted octanol–water partition coefficient (Wildman–Crippen LogP) is 1.64. The van der Waals surface area contributed by atoms with Gasteiger partial charge in [-0.2, -0.15) is 0 Å². The Labute approximate surface area is 119 Å². The van der Waals surface area contributed by atoms with Crippen LogP contribution in [0.3, 0.4) is 0 Å². The second-order valence-electron chi connectivity index (χ2n) is 4.89. The summed E-state index contributed by atoms with van der Waals surface area (Å²) in [5.41, 5.74) is 0.356. The first-order chi connectivity index (χ1) is 9.81. The molecule has 1 saturated carbocycles. The average molecular weight is 278 g/mol. The molecule has 1 aliphatic heterocycles. The predicted molar refractivity (Wildman–Crippen MR) is 75.5 cm³/mol. The van der Waals surface area contributed by atoms with Crippen LogP contribution in [0.15, 0.2) is 24.4 Å². The first kappa shape index (κ1) is 14.9. The van der Waals surface area contributed by atoms with Crippen molar-refractivity contribution in [3.05, 3.63) is 30.1 Å². The second kappa shape index (κ2) is 7.97. The molecule has 2 heterocycles. The third kappa shape index (κ3) is 4.90. The van der Waals surface area contributed by atoms with Crippen molar-refractivity contribution >= 4 is 5.97 Å². The number of carbonyl (C=O) groups excluding carboxylic acids is 1. The van der Waals surface area contributed by atoms with Crippen molar-refractivity contribution in [2.24, 2.45) is 5.92 Å². The zero-order valence-corrected chi connectivity index (χ0v) is 11.9. The topological polar surface area (TPSA) is 60.5 Å². The zero-order valence-electron chi connectivity index (χ0n) is 11.9. The lowest BCUT2D eigenvalue weighted by Crippen LogP contribution is -2.39. The van der Waals surface area contributed by atoms with Crippen molar-refractivity contribution in [1.82, 2.24) is 10.3 Å².